The van der Waals surface area contributed by atoms with E-state index in [2.05, 4.69) is 10.3 Å². The molecule has 1 atom stereocenters. The number of nitrogens with one attached hydrogen (secondary N) is 2. The molecule has 0 amide bonds. The van der Waals surface area contributed by atoms with E-state index in [0.717, 1.165) is 10.9 Å². The van der Waals surface area contributed by atoms with Crippen LogP contribution in [0.1, 0.15) is 12.5 Å². The Morgan fingerprint density at radius 3 is 2.85 bits per heavy atom. The first kappa shape index (κ1) is 14.9. The molecule has 0 fully saturated rings. The first-order chi connectivity index (χ1) is 9.41. The molecule has 0 bridgehead atoms. The fourth-order valence-corrected chi connectivity index (χ4v) is 2.11. The van der Waals surface area contributed by atoms with Crippen molar-refractivity contribution in [1.29, 1.82) is 0 Å². The van der Waals surface area contributed by atoms with Gasteiger partial charge in [0, 0.05) is 23.1 Å². The van der Waals surface area contributed by atoms with Crippen molar-refractivity contribution in [3.8, 4) is 0 Å². The van der Waals surface area contributed by atoms with E-state index < -0.39 is 19.1 Å². The zero-order valence-electron chi connectivity index (χ0n) is 11.1. The fraction of sp³-hybridized carbons (Fsp3) is 0.429. The number of hydrogen-bond donors (Lipinski definition) is 3. The molecule has 3 nitrogen and oxygen atoms in total. The van der Waals surface area contributed by atoms with Crippen molar-refractivity contribution in [2.45, 2.75) is 25.3 Å². The largest absolute Gasteiger partial charge is 0.390 e. The third-order valence-corrected chi connectivity index (χ3v) is 3.20. The molecular formula is C14H17F3N2O. The van der Waals surface area contributed by atoms with Gasteiger partial charge in [-0.2, -0.15) is 0 Å². The van der Waals surface area contributed by atoms with Gasteiger partial charge in [-0.3, -0.25) is 0 Å². The molecule has 0 saturated carbocycles. The van der Waals surface area contributed by atoms with Crippen LogP contribution in [0.4, 0.5) is 13.2 Å². The van der Waals surface area contributed by atoms with E-state index in [1.807, 2.05) is 0 Å². The molecule has 110 valence electrons. The van der Waals surface area contributed by atoms with Gasteiger partial charge in [-0.15, -0.1) is 0 Å². The first-order valence-electron chi connectivity index (χ1n) is 6.39. The molecule has 2 aromatic rings. The second-order valence-corrected chi connectivity index (χ2v) is 5.00. The lowest BCUT2D eigenvalue weighted by Crippen LogP contribution is -2.40. The Morgan fingerprint density at radius 1 is 1.40 bits per heavy atom. The highest BCUT2D eigenvalue weighted by Crippen LogP contribution is 2.20. The third kappa shape index (κ3) is 3.52. The number of H-pyrrole nitrogens is 1. The normalized spacial score (nSPS) is 13.8. The number of aliphatic hydroxyl groups is 1. The van der Waals surface area contributed by atoms with Crippen molar-refractivity contribution in [2.24, 2.45) is 0 Å². The van der Waals surface area contributed by atoms with Gasteiger partial charge in [0.2, 0.25) is 0 Å². The van der Waals surface area contributed by atoms with Crippen molar-refractivity contribution >= 4 is 10.9 Å². The van der Waals surface area contributed by atoms with Crippen LogP contribution in [0.3, 0.4) is 0 Å². The van der Waals surface area contributed by atoms with Gasteiger partial charge < -0.3 is 15.4 Å². The number of halogens is 3. The van der Waals surface area contributed by atoms with E-state index in [4.69, 9.17) is 5.11 Å². The zero-order chi connectivity index (χ0) is 14.8. The van der Waals surface area contributed by atoms with E-state index in [-0.39, 0.29) is 11.9 Å². The molecule has 1 heterocycles. The molecular weight excluding hydrogens is 269 g/mol. The second-order valence-electron chi connectivity index (χ2n) is 5.00. The lowest BCUT2D eigenvalue weighted by Gasteiger charge is -2.18. The SMILES string of the molecule is C[C@H](Cc1c[nH]c2cc(F)ccc12)NCC(F)(F)CO. The Morgan fingerprint density at radius 2 is 2.15 bits per heavy atom. The van der Waals surface area contributed by atoms with Crippen LogP contribution >= 0.6 is 0 Å². The van der Waals surface area contributed by atoms with Crippen LogP contribution < -0.4 is 5.32 Å². The van der Waals surface area contributed by atoms with E-state index in [1.54, 1.807) is 19.2 Å². The van der Waals surface area contributed by atoms with Crippen molar-refractivity contribution in [1.82, 2.24) is 10.3 Å². The molecule has 2 rings (SSSR count). The van der Waals surface area contributed by atoms with Gasteiger partial charge in [0.1, 0.15) is 12.4 Å². The molecule has 6 heteroatoms. The lowest BCUT2D eigenvalue weighted by molar-refractivity contribution is -0.0490. The standard InChI is InChI=1S/C14H17F3N2O/c1-9(19-7-14(16,17)8-20)4-10-6-18-13-5-11(15)2-3-12(10)13/h2-3,5-6,9,18-20H,4,7-8H2,1H3/t9-/m1/s1. The third-order valence-electron chi connectivity index (χ3n) is 3.20. The second kappa shape index (κ2) is 5.85. The van der Waals surface area contributed by atoms with E-state index in [9.17, 15) is 13.2 Å². The molecule has 1 aromatic carbocycles. The van der Waals surface area contributed by atoms with Crippen LogP contribution in [0.25, 0.3) is 10.9 Å². The van der Waals surface area contributed by atoms with Crippen molar-refractivity contribution < 1.29 is 18.3 Å². The molecule has 0 spiro atoms. The molecule has 0 saturated heterocycles. The monoisotopic (exact) mass is 286 g/mol. The van der Waals surface area contributed by atoms with Gasteiger partial charge >= 0.3 is 0 Å². The number of benzene rings is 1. The Balaban J connectivity index is 2.01. The Hall–Kier alpha value is -1.53. The summed E-state index contributed by atoms with van der Waals surface area (Å²) in [5.74, 6) is -3.43. The average molecular weight is 286 g/mol. The van der Waals surface area contributed by atoms with Crippen molar-refractivity contribution in [3.05, 3.63) is 35.8 Å². The smallest absolute Gasteiger partial charge is 0.282 e. The highest BCUT2D eigenvalue weighted by molar-refractivity contribution is 5.83. The Labute approximate surface area is 114 Å². The fourth-order valence-electron chi connectivity index (χ4n) is 2.11. The maximum absolute atomic E-state index is 13.1. The first-order valence-corrected chi connectivity index (χ1v) is 6.39. The minimum atomic E-state index is -3.11. The van der Waals surface area contributed by atoms with Gasteiger partial charge in [0.25, 0.3) is 5.92 Å². The van der Waals surface area contributed by atoms with Crippen LogP contribution in [0.15, 0.2) is 24.4 Å². The predicted molar refractivity (Wildman–Crippen MR) is 71.5 cm³/mol. The van der Waals surface area contributed by atoms with Crippen LogP contribution in [0, 0.1) is 5.82 Å². The summed E-state index contributed by atoms with van der Waals surface area (Å²) in [6.45, 7) is 0.0521. The molecule has 0 radical (unpaired) electrons. The summed E-state index contributed by atoms with van der Waals surface area (Å²) in [4.78, 5) is 2.96. The van der Waals surface area contributed by atoms with Crippen molar-refractivity contribution in [3.63, 3.8) is 0 Å². The molecule has 0 unspecified atom stereocenters. The van der Waals surface area contributed by atoms with Gasteiger partial charge in [0.15, 0.2) is 0 Å². The highest BCUT2D eigenvalue weighted by Gasteiger charge is 2.27. The summed E-state index contributed by atoms with van der Waals surface area (Å²) in [6, 6.07) is 4.26. The van der Waals surface area contributed by atoms with Gasteiger partial charge in [0.05, 0.1) is 6.54 Å². The number of aromatic nitrogens is 1. The summed E-state index contributed by atoms with van der Waals surface area (Å²) < 4.78 is 38.9. The molecule has 20 heavy (non-hydrogen) atoms. The molecule has 0 aliphatic carbocycles. The highest BCUT2D eigenvalue weighted by atomic mass is 19.3. The summed E-state index contributed by atoms with van der Waals surface area (Å²) in [5, 5.41) is 12.1. The summed E-state index contributed by atoms with van der Waals surface area (Å²) in [6.07, 6.45) is 2.29. The topological polar surface area (TPSA) is 48.0 Å². The van der Waals surface area contributed by atoms with E-state index in [1.165, 1.54) is 12.1 Å². The maximum Gasteiger partial charge on any atom is 0.282 e. The number of aliphatic hydroxyl groups excluding tert-OH is 1. The molecule has 0 aliphatic rings. The maximum atomic E-state index is 13.1. The van der Waals surface area contributed by atoms with Gasteiger partial charge in [-0.1, -0.05) is 0 Å². The number of aromatic amines is 1. The minimum absolute atomic E-state index is 0.184. The van der Waals surface area contributed by atoms with E-state index in [0.29, 0.717) is 11.9 Å². The molecule has 0 aliphatic heterocycles. The number of hydrogen-bond acceptors (Lipinski definition) is 2. The van der Waals surface area contributed by atoms with Crippen LogP contribution in [-0.4, -0.2) is 35.2 Å². The Bertz CT molecular complexity index is 583. The zero-order valence-corrected chi connectivity index (χ0v) is 11.1. The van der Waals surface area contributed by atoms with E-state index >= 15 is 0 Å². The number of fused-ring (bicyclic) bond motifs is 1. The average Bonchev–Trinajstić information content (AvgIpc) is 2.79. The number of alkyl halides is 2. The Kier molecular flexibility index (Phi) is 4.35. The van der Waals surface area contributed by atoms with Crippen LogP contribution in [0.5, 0.6) is 0 Å². The lowest BCUT2D eigenvalue weighted by atomic mass is 10.1. The predicted octanol–water partition coefficient (Wildman–Crippen LogP) is 2.46. The summed E-state index contributed by atoms with van der Waals surface area (Å²) >= 11 is 0. The van der Waals surface area contributed by atoms with Gasteiger partial charge in [-0.05, 0) is 37.1 Å². The summed E-state index contributed by atoms with van der Waals surface area (Å²) in [7, 11) is 0. The van der Waals surface area contributed by atoms with Crippen LogP contribution in [-0.2, 0) is 6.42 Å². The minimum Gasteiger partial charge on any atom is -0.390 e. The van der Waals surface area contributed by atoms with Crippen molar-refractivity contribution in [2.75, 3.05) is 13.2 Å². The molecule has 3 N–H and O–H groups in total. The molecule has 1 aromatic heterocycles. The quantitative estimate of drug-likeness (QED) is 0.764. The summed E-state index contributed by atoms with van der Waals surface area (Å²) in [5.41, 5.74) is 1.63. The number of rotatable bonds is 6. The van der Waals surface area contributed by atoms with Gasteiger partial charge in [-0.25, -0.2) is 13.2 Å². The van der Waals surface area contributed by atoms with Crippen LogP contribution in [0.2, 0.25) is 0 Å².